The first-order valence-electron chi connectivity index (χ1n) is 6.11. The number of hydrogen-bond donors (Lipinski definition) is 1. The monoisotopic (exact) mass is 219 g/mol. The Morgan fingerprint density at radius 1 is 1.44 bits per heavy atom. The smallest absolute Gasteiger partial charge is 0.0700 e. The molecule has 1 aliphatic rings. The van der Waals surface area contributed by atoms with E-state index in [0.29, 0.717) is 18.2 Å². The molecule has 1 aromatic carbocycles. The number of nitrogens with one attached hydrogen (secondary N) is 1. The lowest BCUT2D eigenvalue weighted by atomic mass is 10.0. The largest absolute Gasteiger partial charge is 0.377 e. The summed E-state index contributed by atoms with van der Waals surface area (Å²) in [7, 11) is 0. The number of benzene rings is 1. The minimum absolute atomic E-state index is 0.340. The van der Waals surface area contributed by atoms with Crippen molar-refractivity contribution in [1.29, 1.82) is 0 Å². The second-order valence-electron chi connectivity index (χ2n) is 4.77. The van der Waals surface area contributed by atoms with Crippen LogP contribution < -0.4 is 5.32 Å². The molecule has 1 aromatic rings. The zero-order chi connectivity index (χ0) is 11.5. The van der Waals surface area contributed by atoms with Crippen molar-refractivity contribution in [2.45, 2.75) is 45.4 Å². The molecular formula is C14H21NO. The summed E-state index contributed by atoms with van der Waals surface area (Å²) in [6.07, 6.45) is 1.46. The Morgan fingerprint density at radius 3 is 2.88 bits per heavy atom. The summed E-state index contributed by atoms with van der Waals surface area (Å²) in [5, 5.41) is 3.65. The maximum Gasteiger partial charge on any atom is 0.0700 e. The van der Waals surface area contributed by atoms with Gasteiger partial charge in [0.2, 0.25) is 0 Å². The number of ether oxygens (including phenoxy) is 1. The van der Waals surface area contributed by atoms with Gasteiger partial charge in [-0.15, -0.1) is 0 Å². The van der Waals surface area contributed by atoms with Gasteiger partial charge in [0, 0.05) is 18.7 Å². The van der Waals surface area contributed by atoms with E-state index in [0.717, 1.165) is 13.0 Å². The van der Waals surface area contributed by atoms with Crippen molar-refractivity contribution in [2.75, 3.05) is 6.61 Å². The van der Waals surface area contributed by atoms with E-state index in [2.05, 4.69) is 50.4 Å². The highest BCUT2D eigenvalue weighted by atomic mass is 16.5. The molecule has 16 heavy (non-hydrogen) atoms. The van der Waals surface area contributed by atoms with Gasteiger partial charge >= 0.3 is 0 Å². The van der Waals surface area contributed by atoms with E-state index in [1.807, 2.05) is 0 Å². The summed E-state index contributed by atoms with van der Waals surface area (Å²) in [6, 6.07) is 9.59. The van der Waals surface area contributed by atoms with Crippen molar-refractivity contribution in [3.63, 3.8) is 0 Å². The summed E-state index contributed by atoms with van der Waals surface area (Å²) < 4.78 is 5.56. The van der Waals surface area contributed by atoms with E-state index in [9.17, 15) is 0 Å². The molecule has 1 aliphatic heterocycles. The molecule has 2 heteroatoms. The summed E-state index contributed by atoms with van der Waals surface area (Å²) in [6.45, 7) is 7.39. The van der Waals surface area contributed by atoms with Gasteiger partial charge in [0.25, 0.3) is 0 Å². The summed E-state index contributed by atoms with van der Waals surface area (Å²) in [5.41, 5.74) is 2.68. The summed E-state index contributed by atoms with van der Waals surface area (Å²) in [5.74, 6) is 0. The lowest BCUT2D eigenvalue weighted by Crippen LogP contribution is -2.36. The molecule has 3 unspecified atom stereocenters. The van der Waals surface area contributed by atoms with E-state index in [1.165, 1.54) is 11.1 Å². The second-order valence-corrected chi connectivity index (χ2v) is 4.77. The number of hydrogen-bond acceptors (Lipinski definition) is 2. The molecule has 1 heterocycles. The van der Waals surface area contributed by atoms with E-state index in [-0.39, 0.29) is 0 Å². The van der Waals surface area contributed by atoms with Crippen LogP contribution >= 0.6 is 0 Å². The molecule has 3 atom stereocenters. The van der Waals surface area contributed by atoms with Gasteiger partial charge < -0.3 is 10.1 Å². The van der Waals surface area contributed by atoms with Gasteiger partial charge in [-0.3, -0.25) is 0 Å². The van der Waals surface area contributed by atoms with Gasteiger partial charge in [-0.25, -0.2) is 0 Å². The van der Waals surface area contributed by atoms with Crippen LogP contribution in [0, 0.1) is 6.92 Å². The third-order valence-electron chi connectivity index (χ3n) is 3.38. The quantitative estimate of drug-likeness (QED) is 0.844. The van der Waals surface area contributed by atoms with Gasteiger partial charge in [0.1, 0.15) is 0 Å². The van der Waals surface area contributed by atoms with E-state index >= 15 is 0 Å². The average Bonchev–Trinajstić information content (AvgIpc) is 2.64. The molecule has 2 rings (SSSR count). The lowest BCUT2D eigenvalue weighted by molar-refractivity contribution is 0.111. The van der Waals surface area contributed by atoms with Crippen molar-refractivity contribution < 1.29 is 4.74 Å². The van der Waals surface area contributed by atoms with Crippen molar-refractivity contribution in [2.24, 2.45) is 0 Å². The first-order chi connectivity index (χ1) is 7.66. The Labute approximate surface area is 98.0 Å². The molecule has 0 aromatic heterocycles. The predicted molar refractivity (Wildman–Crippen MR) is 66.5 cm³/mol. The fourth-order valence-corrected chi connectivity index (χ4v) is 2.31. The van der Waals surface area contributed by atoms with Crippen LogP contribution in [-0.4, -0.2) is 18.8 Å². The molecule has 0 saturated carbocycles. The van der Waals surface area contributed by atoms with Crippen LogP contribution in [0.25, 0.3) is 0 Å². The number of aryl methyl sites for hydroxylation is 1. The van der Waals surface area contributed by atoms with Gasteiger partial charge in [-0.05, 0) is 32.8 Å². The van der Waals surface area contributed by atoms with Crippen molar-refractivity contribution in [3.8, 4) is 0 Å². The van der Waals surface area contributed by atoms with Crippen LogP contribution in [-0.2, 0) is 4.74 Å². The Balaban J connectivity index is 1.99. The Kier molecular flexibility index (Phi) is 3.62. The van der Waals surface area contributed by atoms with Crippen LogP contribution in [0.1, 0.15) is 37.4 Å². The minimum atomic E-state index is 0.340. The SMILES string of the molecule is Cc1cccc(C(C)NC2CCOC2C)c1. The van der Waals surface area contributed by atoms with Crippen molar-refractivity contribution in [3.05, 3.63) is 35.4 Å². The average molecular weight is 219 g/mol. The van der Waals surface area contributed by atoms with Gasteiger partial charge in [-0.2, -0.15) is 0 Å². The molecule has 1 N–H and O–H groups in total. The van der Waals surface area contributed by atoms with Crippen LogP contribution in [0.15, 0.2) is 24.3 Å². The van der Waals surface area contributed by atoms with Gasteiger partial charge in [0.15, 0.2) is 0 Å². The molecular weight excluding hydrogens is 198 g/mol. The van der Waals surface area contributed by atoms with Gasteiger partial charge in [-0.1, -0.05) is 29.8 Å². The van der Waals surface area contributed by atoms with Crippen LogP contribution in [0.5, 0.6) is 0 Å². The molecule has 2 nitrogen and oxygen atoms in total. The van der Waals surface area contributed by atoms with Crippen molar-refractivity contribution >= 4 is 0 Å². The maximum absolute atomic E-state index is 5.56. The highest BCUT2D eigenvalue weighted by Gasteiger charge is 2.25. The highest BCUT2D eigenvalue weighted by molar-refractivity contribution is 5.24. The van der Waals surface area contributed by atoms with E-state index in [1.54, 1.807) is 0 Å². The van der Waals surface area contributed by atoms with Crippen molar-refractivity contribution in [1.82, 2.24) is 5.32 Å². The molecule has 0 amide bonds. The van der Waals surface area contributed by atoms with E-state index in [4.69, 9.17) is 4.74 Å². The van der Waals surface area contributed by atoms with Crippen LogP contribution in [0.3, 0.4) is 0 Å². The van der Waals surface area contributed by atoms with Crippen LogP contribution in [0.2, 0.25) is 0 Å². The number of rotatable bonds is 3. The normalized spacial score (nSPS) is 26.9. The molecule has 0 spiro atoms. The Bertz CT molecular complexity index is 350. The van der Waals surface area contributed by atoms with Gasteiger partial charge in [0.05, 0.1) is 6.10 Å². The summed E-state index contributed by atoms with van der Waals surface area (Å²) in [4.78, 5) is 0. The molecule has 1 fully saturated rings. The fourth-order valence-electron chi connectivity index (χ4n) is 2.31. The Hall–Kier alpha value is -0.860. The summed E-state index contributed by atoms with van der Waals surface area (Å²) >= 11 is 0. The van der Waals surface area contributed by atoms with Crippen LogP contribution in [0.4, 0.5) is 0 Å². The maximum atomic E-state index is 5.56. The predicted octanol–water partition coefficient (Wildman–Crippen LogP) is 2.82. The topological polar surface area (TPSA) is 21.3 Å². The first kappa shape index (κ1) is 11.6. The molecule has 88 valence electrons. The first-order valence-corrected chi connectivity index (χ1v) is 6.11. The standard InChI is InChI=1S/C14H21NO/c1-10-5-4-6-13(9-10)11(2)15-14-7-8-16-12(14)3/h4-6,9,11-12,14-15H,7-8H2,1-3H3. The zero-order valence-electron chi connectivity index (χ0n) is 10.4. The highest BCUT2D eigenvalue weighted by Crippen LogP contribution is 2.19. The Morgan fingerprint density at radius 2 is 2.25 bits per heavy atom. The third kappa shape index (κ3) is 2.63. The zero-order valence-corrected chi connectivity index (χ0v) is 10.4. The minimum Gasteiger partial charge on any atom is -0.377 e. The molecule has 0 bridgehead atoms. The molecule has 0 aliphatic carbocycles. The lowest BCUT2D eigenvalue weighted by Gasteiger charge is -2.22. The van der Waals surface area contributed by atoms with E-state index < -0.39 is 0 Å². The third-order valence-corrected chi connectivity index (χ3v) is 3.38. The molecule has 0 radical (unpaired) electrons. The molecule has 1 saturated heterocycles. The second kappa shape index (κ2) is 4.98. The fraction of sp³-hybridized carbons (Fsp3) is 0.571.